The fourth-order valence-corrected chi connectivity index (χ4v) is 2.33. The number of rotatable bonds is 4. The van der Waals surface area contributed by atoms with Gasteiger partial charge in [0.15, 0.2) is 0 Å². The molecule has 1 aromatic rings. The molecule has 4 N–H and O–H groups in total. The molecule has 0 aliphatic rings. The number of hydrogen-bond acceptors (Lipinski definition) is 0. The summed E-state index contributed by atoms with van der Waals surface area (Å²) in [4.78, 5) is 0. The summed E-state index contributed by atoms with van der Waals surface area (Å²) >= 11 is 0. The summed E-state index contributed by atoms with van der Waals surface area (Å²) in [7, 11) is 0. The van der Waals surface area contributed by atoms with Crippen molar-refractivity contribution in [3.05, 3.63) is 34.4 Å². The van der Waals surface area contributed by atoms with Gasteiger partial charge < -0.3 is 18.6 Å². The second kappa shape index (κ2) is 8.60. The maximum Gasteiger partial charge on any atom is -0.0302 e. The van der Waals surface area contributed by atoms with Crippen LogP contribution in [0.1, 0.15) is 49.9 Å². The number of quaternary nitrogens is 1. The van der Waals surface area contributed by atoms with Crippen LogP contribution in [0.5, 0.6) is 0 Å². The molecule has 0 saturated carbocycles. The molecular weight excluding hydrogens is 218 g/mol. The monoisotopic (exact) mass is 243 g/mol. The first kappa shape index (κ1) is 17.9. The summed E-state index contributed by atoms with van der Waals surface area (Å²) in [5, 5.41) is 0. The third-order valence-electron chi connectivity index (χ3n) is 3.09. The molecule has 0 aliphatic carbocycles. The highest BCUT2D eigenvalue weighted by molar-refractivity contribution is 5.41. The maximum absolute atomic E-state index is 2.32. The average molecular weight is 244 g/mol. The van der Waals surface area contributed by atoms with E-state index in [1.54, 1.807) is 22.3 Å². The van der Waals surface area contributed by atoms with Crippen molar-refractivity contribution in [3.8, 4) is 0 Å². The highest BCUT2D eigenvalue weighted by Gasteiger charge is 2.07. The van der Waals surface area contributed by atoms with Crippen molar-refractivity contribution < 1.29 is 12.4 Å². The molecule has 16 heavy (non-hydrogen) atoms. The minimum absolute atomic E-state index is 0. The molecule has 0 radical (unpaired) electrons. The van der Waals surface area contributed by atoms with E-state index in [2.05, 4.69) is 39.8 Å². The molecule has 1 rings (SSSR count). The van der Waals surface area contributed by atoms with Gasteiger partial charge in [0, 0.05) is 0 Å². The first-order valence-electron chi connectivity index (χ1n) is 5.90. The van der Waals surface area contributed by atoms with Crippen LogP contribution in [-0.4, -0.2) is 0 Å². The van der Waals surface area contributed by atoms with E-state index in [1.165, 1.54) is 25.7 Å². The van der Waals surface area contributed by atoms with Crippen molar-refractivity contribution >= 4 is 0 Å². The molecule has 0 spiro atoms. The minimum atomic E-state index is 0. The summed E-state index contributed by atoms with van der Waals surface area (Å²) in [5.41, 5.74) is 6.30. The fraction of sp³-hybridized carbons (Fsp3) is 0.571. The van der Waals surface area contributed by atoms with Gasteiger partial charge in [0.05, 0.1) is 0 Å². The first-order chi connectivity index (χ1) is 6.78. The topological polar surface area (TPSA) is 36.5 Å². The molecule has 94 valence electrons. The van der Waals surface area contributed by atoms with Gasteiger partial charge in [0.25, 0.3) is 0 Å². The lowest BCUT2D eigenvalue weighted by molar-refractivity contribution is -0.00000359. The Hall–Kier alpha value is -0.530. The lowest BCUT2D eigenvalue weighted by Crippen LogP contribution is -3.00. The van der Waals surface area contributed by atoms with Crippen molar-refractivity contribution in [1.82, 2.24) is 6.15 Å². The summed E-state index contributed by atoms with van der Waals surface area (Å²) in [6, 6.07) is 4.63. The molecule has 0 atom stereocenters. The van der Waals surface area contributed by atoms with E-state index in [9.17, 15) is 0 Å². The van der Waals surface area contributed by atoms with E-state index in [4.69, 9.17) is 0 Å². The maximum atomic E-state index is 2.32. The number of benzene rings is 1. The van der Waals surface area contributed by atoms with Crippen LogP contribution in [0, 0.1) is 0 Å². The van der Waals surface area contributed by atoms with Gasteiger partial charge >= 0.3 is 0 Å². The lowest BCUT2D eigenvalue weighted by atomic mass is 9.90. The Balaban J connectivity index is 0. The molecule has 1 aromatic carbocycles. The van der Waals surface area contributed by atoms with E-state index < -0.39 is 0 Å². The van der Waals surface area contributed by atoms with Crippen molar-refractivity contribution in [1.29, 1.82) is 0 Å². The van der Waals surface area contributed by atoms with Crippen LogP contribution in [0.3, 0.4) is 0 Å². The Labute approximate surface area is 107 Å². The zero-order valence-electron chi connectivity index (χ0n) is 11.4. The SMILES string of the molecule is CCc1ccc(CC)c(CC)c1CC.[Cl-].[NH4+]. The van der Waals surface area contributed by atoms with Crippen LogP contribution in [0.2, 0.25) is 0 Å². The Kier molecular flexibility index (Phi) is 9.60. The zero-order valence-corrected chi connectivity index (χ0v) is 12.1. The van der Waals surface area contributed by atoms with Gasteiger partial charge in [-0.05, 0) is 47.9 Å². The molecule has 0 aliphatic heterocycles. The molecule has 1 nitrogen and oxygen atoms in total. The third kappa shape index (κ3) is 3.50. The fourth-order valence-electron chi connectivity index (χ4n) is 2.33. The molecule has 0 aromatic heterocycles. The van der Waals surface area contributed by atoms with Crippen LogP contribution in [0.4, 0.5) is 0 Å². The Bertz CT molecular complexity index is 277. The molecular formula is C14H26ClN. The largest absolute Gasteiger partial charge is 1.00 e. The predicted molar refractivity (Wildman–Crippen MR) is 69.9 cm³/mol. The summed E-state index contributed by atoms with van der Waals surface area (Å²) in [6.07, 6.45) is 4.70. The molecule has 0 saturated heterocycles. The highest BCUT2D eigenvalue weighted by Crippen LogP contribution is 2.21. The Morgan fingerprint density at radius 3 is 1.19 bits per heavy atom. The van der Waals surface area contributed by atoms with Gasteiger partial charge in [0.1, 0.15) is 0 Å². The number of aryl methyl sites for hydroxylation is 2. The third-order valence-corrected chi connectivity index (χ3v) is 3.09. The second-order valence-electron chi connectivity index (χ2n) is 3.76. The molecule has 0 unspecified atom stereocenters. The van der Waals surface area contributed by atoms with Gasteiger partial charge in [-0.1, -0.05) is 39.8 Å². The summed E-state index contributed by atoms with van der Waals surface area (Å²) < 4.78 is 0. The number of hydrogen-bond donors (Lipinski definition) is 1. The van der Waals surface area contributed by atoms with Crippen molar-refractivity contribution in [2.45, 2.75) is 53.4 Å². The molecule has 0 bridgehead atoms. The smallest absolute Gasteiger partial charge is 0.0302 e. The van der Waals surface area contributed by atoms with Crippen molar-refractivity contribution in [2.24, 2.45) is 0 Å². The van der Waals surface area contributed by atoms with Gasteiger partial charge in [-0.3, -0.25) is 0 Å². The van der Waals surface area contributed by atoms with Gasteiger partial charge in [0.2, 0.25) is 0 Å². The second-order valence-corrected chi connectivity index (χ2v) is 3.76. The standard InChI is InChI=1S/C14H22.ClH.H3N/c1-5-11-9-10-12(6-2)14(8-4)13(11)7-3;;/h9-10H,5-8H2,1-4H3;1H;1H3. The van der Waals surface area contributed by atoms with E-state index in [0.29, 0.717) is 0 Å². The first-order valence-corrected chi connectivity index (χ1v) is 5.90. The predicted octanol–water partition coefficient (Wildman–Crippen LogP) is 1.32. The molecule has 2 heteroatoms. The van der Waals surface area contributed by atoms with Crippen LogP contribution in [0.15, 0.2) is 12.1 Å². The average Bonchev–Trinajstić information content (AvgIpc) is 2.26. The van der Waals surface area contributed by atoms with Crippen molar-refractivity contribution in [2.75, 3.05) is 0 Å². The van der Waals surface area contributed by atoms with E-state index in [1.807, 2.05) is 0 Å². The van der Waals surface area contributed by atoms with Gasteiger partial charge in [-0.2, -0.15) is 0 Å². The summed E-state index contributed by atoms with van der Waals surface area (Å²) in [5.74, 6) is 0. The normalized spacial score (nSPS) is 9.25. The van der Waals surface area contributed by atoms with Gasteiger partial charge in [-0.15, -0.1) is 0 Å². The zero-order chi connectivity index (χ0) is 10.6. The highest BCUT2D eigenvalue weighted by atomic mass is 35.5. The van der Waals surface area contributed by atoms with Crippen LogP contribution in [-0.2, 0) is 25.7 Å². The minimum Gasteiger partial charge on any atom is -1.00 e. The summed E-state index contributed by atoms with van der Waals surface area (Å²) in [6.45, 7) is 9.04. The number of halogens is 1. The van der Waals surface area contributed by atoms with Gasteiger partial charge in [-0.25, -0.2) is 0 Å². The molecule has 0 heterocycles. The van der Waals surface area contributed by atoms with Crippen LogP contribution in [0.25, 0.3) is 0 Å². The molecule has 0 fully saturated rings. The van der Waals surface area contributed by atoms with Crippen LogP contribution < -0.4 is 18.6 Å². The van der Waals surface area contributed by atoms with Crippen molar-refractivity contribution in [3.63, 3.8) is 0 Å². The van der Waals surface area contributed by atoms with E-state index in [-0.39, 0.29) is 18.6 Å². The quantitative estimate of drug-likeness (QED) is 0.828. The van der Waals surface area contributed by atoms with E-state index >= 15 is 0 Å². The van der Waals surface area contributed by atoms with Crippen LogP contribution >= 0.6 is 0 Å². The Morgan fingerprint density at radius 1 is 0.688 bits per heavy atom. The molecule has 0 amide bonds. The Morgan fingerprint density at radius 2 is 1.00 bits per heavy atom. The van der Waals surface area contributed by atoms with E-state index in [0.717, 1.165) is 0 Å². The lowest BCUT2D eigenvalue weighted by Gasteiger charge is -2.15.